The van der Waals surface area contributed by atoms with Crippen molar-refractivity contribution in [3.8, 4) is 5.75 Å². The number of amides is 1. The van der Waals surface area contributed by atoms with Gasteiger partial charge in [-0.05, 0) is 30.7 Å². The molecular weight excluding hydrogens is 354 g/mol. The first-order chi connectivity index (χ1) is 13.7. The Bertz CT molecular complexity index is 804. The van der Waals surface area contributed by atoms with Crippen molar-refractivity contribution >= 4 is 17.3 Å². The molecule has 4 rings (SSSR count). The number of β-amino-alcohol motifs (C(OH)–C–C–N with tert-alkyl or cyclic N) is 1. The standard InChI is InChI=1S/C22H27N3O3/c26-18(15-24-11-13-25(14-12-24)17-5-2-1-3-6-17)16-28-21-8-4-7-20-19(21)9-10-22(27)23-20/h1-8,18,26H,9-16H2,(H,23,27). The smallest absolute Gasteiger partial charge is 0.224 e. The summed E-state index contributed by atoms with van der Waals surface area (Å²) in [5.74, 6) is 0.796. The average molecular weight is 381 g/mol. The minimum atomic E-state index is -0.544. The second-order valence-electron chi connectivity index (χ2n) is 7.42. The highest BCUT2D eigenvalue weighted by Gasteiger charge is 2.21. The van der Waals surface area contributed by atoms with Gasteiger partial charge >= 0.3 is 0 Å². The fourth-order valence-corrected chi connectivity index (χ4v) is 3.89. The molecule has 148 valence electrons. The molecule has 0 saturated carbocycles. The highest BCUT2D eigenvalue weighted by molar-refractivity contribution is 5.94. The number of benzene rings is 2. The predicted octanol–water partition coefficient (Wildman–Crippen LogP) is 2.13. The zero-order chi connectivity index (χ0) is 19.3. The van der Waals surface area contributed by atoms with Crippen LogP contribution in [0.2, 0.25) is 0 Å². The van der Waals surface area contributed by atoms with E-state index in [1.807, 2.05) is 24.3 Å². The minimum absolute atomic E-state index is 0.0410. The van der Waals surface area contributed by atoms with Crippen LogP contribution in [0.1, 0.15) is 12.0 Å². The quantitative estimate of drug-likeness (QED) is 0.803. The number of aliphatic hydroxyl groups is 1. The molecule has 0 bridgehead atoms. The molecule has 2 aromatic carbocycles. The fraction of sp³-hybridized carbons (Fsp3) is 0.409. The van der Waals surface area contributed by atoms with Crippen molar-refractivity contribution in [3.63, 3.8) is 0 Å². The van der Waals surface area contributed by atoms with Gasteiger partial charge in [0, 0.05) is 56.1 Å². The lowest BCUT2D eigenvalue weighted by atomic mass is 10.0. The third kappa shape index (κ3) is 4.46. The third-order valence-corrected chi connectivity index (χ3v) is 5.40. The number of para-hydroxylation sites is 1. The highest BCUT2D eigenvalue weighted by atomic mass is 16.5. The molecule has 6 nitrogen and oxygen atoms in total. The number of anilines is 2. The van der Waals surface area contributed by atoms with E-state index in [-0.39, 0.29) is 12.5 Å². The molecule has 1 atom stereocenters. The summed E-state index contributed by atoms with van der Waals surface area (Å²) < 4.78 is 5.90. The number of aliphatic hydroxyl groups excluding tert-OH is 1. The van der Waals surface area contributed by atoms with Crippen molar-refractivity contribution < 1.29 is 14.6 Å². The summed E-state index contributed by atoms with van der Waals surface area (Å²) in [5.41, 5.74) is 3.10. The molecule has 2 heterocycles. The second-order valence-corrected chi connectivity index (χ2v) is 7.42. The number of hydrogen-bond acceptors (Lipinski definition) is 5. The van der Waals surface area contributed by atoms with E-state index in [4.69, 9.17) is 4.74 Å². The third-order valence-electron chi connectivity index (χ3n) is 5.40. The molecule has 1 unspecified atom stereocenters. The van der Waals surface area contributed by atoms with Crippen LogP contribution in [0.3, 0.4) is 0 Å². The van der Waals surface area contributed by atoms with Crippen LogP contribution in [-0.4, -0.2) is 61.3 Å². The van der Waals surface area contributed by atoms with E-state index in [1.54, 1.807) is 0 Å². The molecule has 2 aliphatic heterocycles. The van der Waals surface area contributed by atoms with Crippen LogP contribution in [0, 0.1) is 0 Å². The number of nitrogens with zero attached hydrogens (tertiary/aromatic N) is 2. The Morgan fingerprint density at radius 3 is 2.57 bits per heavy atom. The van der Waals surface area contributed by atoms with Crippen LogP contribution >= 0.6 is 0 Å². The van der Waals surface area contributed by atoms with Gasteiger partial charge in [0.05, 0.1) is 0 Å². The van der Waals surface area contributed by atoms with E-state index in [2.05, 4.69) is 39.4 Å². The second kappa shape index (κ2) is 8.63. The molecule has 0 spiro atoms. The highest BCUT2D eigenvalue weighted by Crippen LogP contribution is 2.31. The lowest BCUT2D eigenvalue weighted by Gasteiger charge is -2.36. The zero-order valence-corrected chi connectivity index (χ0v) is 16.0. The number of hydrogen-bond donors (Lipinski definition) is 2. The Hall–Kier alpha value is -2.57. The lowest BCUT2D eigenvalue weighted by molar-refractivity contribution is -0.116. The van der Waals surface area contributed by atoms with Gasteiger partial charge in [-0.2, -0.15) is 0 Å². The molecule has 28 heavy (non-hydrogen) atoms. The summed E-state index contributed by atoms with van der Waals surface area (Å²) in [6.07, 6.45) is 0.605. The van der Waals surface area contributed by atoms with E-state index in [0.717, 1.165) is 43.2 Å². The van der Waals surface area contributed by atoms with E-state index in [0.29, 0.717) is 19.4 Å². The maximum atomic E-state index is 11.5. The van der Waals surface area contributed by atoms with E-state index >= 15 is 0 Å². The first-order valence-corrected chi connectivity index (χ1v) is 9.94. The van der Waals surface area contributed by atoms with E-state index in [9.17, 15) is 9.90 Å². The summed E-state index contributed by atoms with van der Waals surface area (Å²) in [5, 5.41) is 13.3. The van der Waals surface area contributed by atoms with Crippen LogP contribution in [0.5, 0.6) is 5.75 Å². The van der Waals surface area contributed by atoms with Crippen molar-refractivity contribution in [3.05, 3.63) is 54.1 Å². The molecule has 0 aromatic heterocycles. The van der Waals surface area contributed by atoms with Crippen molar-refractivity contribution in [2.45, 2.75) is 18.9 Å². The Morgan fingerprint density at radius 1 is 1.00 bits per heavy atom. The molecule has 2 N–H and O–H groups in total. The largest absolute Gasteiger partial charge is 0.490 e. The monoisotopic (exact) mass is 381 g/mol. The van der Waals surface area contributed by atoms with Crippen LogP contribution in [0.15, 0.2) is 48.5 Å². The van der Waals surface area contributed by atoms with Gasteiger partial charge in [-0.3, -0.25) is 9.69 Å². The van der Waals surface area contributed by atoms with Crippen LogP contribution in [0.25, 0.3) is 0 Å². The average Bonchev–Trinajstić information content (AvgIpc) is 2.73. The molecule has 2 aliphatic rings. The first kappa shape index (κ1) is 18.8. The van der Waals surface area contributed by atoms with Gasteiger partial charge in [0.25, 0.3) is 0 Å². The van der Waals surface area contributed by atoms with Gasteiger partial charge in [0.2, 0.25) is 5.91 Å². The Labute approximate surface area is 165 Å². The molecule has 0 aliphatic carbocycles. The maximum Gasteiger partial charge on any atom is 0.224 e. The summed E-state index contributed by atoms with van der Waals surface area (Å²) >= 11 is 0. The molecule has 2 aromatic rings. The first-order valence-electron chi connectivity index (χ1n) is 9.94. The van der Waals surface area contributed by atoms with Crippen LogP contribution in [0.4, 0.5) is 11.4 Å². The number of piperazine rings is 1. The number of ether oxygens (including phenoxy) is 1. The Balaban J connectivity index is 1.25. The van der Waals surface area contributed by atoms with Gasteiger partial charge in [0.15, 0.2) is 0 Å². The van der Waals surface area contributed by atoms with Crippen LogP contribution < -0.4 is 15.0 Å². The summed E-state index contributed by atoms with van der Waals surface area (Å²) in [7, 11) is 0. The summed E-state index contributed by atoms with van der Waals surface area (Å²) in [6, 6.07) is 16.1. The number of fused-ring (bicyclic) bond motifs is 1. The molecular formula is C22H27N3O3. The maximum absolute atomic E-state index is 11.5. The zero-order valence-electron chi connectivity index (χ0n) is 16.0. The Kier molecular flexibility index (Phi) is 5.78. The van der Waals surface area contributed by atoms with Gasteiger partial charge in [0.1, 0.15) is 18.5 Å². The summed E-state index contributed by atoms with van der Waals surface area (Å²) in [4.78, 5) is 16.2. The molecule has 0 radical (unpaired) electrons. The van der Waals surface area contributed by atoms with E-state index < -0.39 is 6.10 Å². The van der Waals surface area contributed by atoms with Crippen molar-refractivity contribution in [1.29, 1.82) is 0 Å². The normalized spacial score (nSPS) is 18.3. The number of nitrogens with one attached hydrogen (secondary N) is 1. The predicted molar refractivity (Wildman–Crippen MR) is 110 cm³/mol. The van der Waals surface area contributed by atoms with Crippen LogP contribution in [-0.2, 0) is 11.2 Å². The molecule has 1 amide bonds. The molecule has 6 heteroatoms. The van der Waals surface area contributed by atoms with Crippen molar-refractivity contribution in [2.75, 3.05) is 49.5 Å². The van der Waals surface area contributed by atoms with Gasteiger partial charge in [-0.1, -0.05) is 24.3 Å². The number of carbonyl (C=O) groups excluding carboxylic acids is 1. The number of carbonyl (C=O) groups is 1. The Morgan fingerprint density at radius 2 is 1.79 bits per heavy atom. The molecule has 1 fully saturated rings. The van der Waals surface area contributed by atoms with Crippen molar-refractivity contribution in [1.82, 2.24) is 4.90 Å². The van der Waals surface area contributed by atoms with E-state index in [1.165, 1.54) is 5.69 Å². The van der Waals surface area contributed by atoms with Gasteiger partial charge in [-0.25, -0.2) is 0 Å². The summed E-state index contributed by atoms with van der Waals surface area (Å²) in [6.45, 7) is 4.64. The van der Waals surface area contributed by atoms with Gasteiger partial charge < -0.3 is 20.1 Å². The minimum Gasteiger partial charge on any atom is -0.490 e. The lowest BCUT2D eigenvalue weighted by Crippen LogP contribution is -2.49. The van der Waals surface area contributed by atoms with Gasteiger partial charge in [-0.15, -0.1) is 0 Å². The number of rotatable bonds is 6. The topological polar surface area (TPSA) is 65.0 Å². The molecule has 1 saturated heterocycles. The fourth-order valence-electron chi connectivity index (χ4n) is 3.89. The SMILES string of the molecule is O=C1CCc2c(cccc2OCC(O)CN2CCN(c3ccccc3)CC2)N1. The van der Waals surface area contributed by atoms with Crippen molar-refractivity contribution in [2.24, 2.45) is 0 Å².